The molecule has 0 amide bonds. The molecular formula is C17H20BrClN2. The maximum Gasteiger partial charge on any atom is 0.0426 e. The van der Waals surface area contributed by atoms with Crippen LogP contribution in [0.15, 0.2) is 46.9 Å². The van der Waals surface area contributed by atoms with E-state index in [1.165, 1.54) is 16.8 Å². The number of benzene rings is 2. The molecule has 4 heteroatoms. The second-order valence-corrected chi connectivity index (χ2v) is 6.33. The van der Waals surface area contributed by atoms with E-state index in [-0.39, 0.29) is 0 Å². The van der Waals surface area contributed by atoms with Crippen LogP contribution in [0.3, 0.4) is 0 Å². The van der Waals surface area contributed by atoms with Crippen molar-refractivity contribution in [2.24, 2.45) is 0 Å². The van der Waals surface area contributed by atoms with Gasteiger partial charge in [-0.3, -0.25) is 0 Å². The Bertz CT molecular complexity index is 601. The van der Waals surface area contributed by atoms with Crippen molar-refractivity contribution in [1.29, 1.82) is 0 Å². The molecule has 0 aliphatic rings. The second kappa shape index (κ2) is 7.83. The van der Waals surface area contributed by atoms with E-state index in [9.17, 15) is 0 Å². The number of halogens is 2. The molecule has 0 heterocycles. The maximum absolute atomic E-state index is 6.04. The van der Waals surface area contributed by atoms with Crippen molar-refractivity contribution in [1.82, 2.24) is 5.32 Å². The number of anilines is 1. The molecule has 0 aliphatic carbocycles. The van der Waals surface area contributed by atoms with E-state index in [0.717, 1.165) is 29.1 Å². The van der Waals surface area contributed by atoms with Gasteiger partial charge in [0.2, 0.25) is 0 Å². The first-order valence-corrected chi connectivity index (χ1v) is 8.22. The number of hydrogen-bond donors (Lipinski definition) is 1. The molecule has 0 unspecified atom stereocenters. The topological polar surface area (TPSA) is 15.3 Å². The van der Waals surface area contributed by atoms with Crippen LogP contribution in [0.5, 0.6) is 0 Å². The Morgan fingerprint density at radius 3 is 2.67 bits per heavy atom. The van der Waals surface area contributed by atoms with Crippen molar-refractivity contribution in [3.63, 3.8) is 0 Å². The Morgan fingerprint density at radius 2 is 2.00 bits per heavy atom. The zero-order valence-electron chi connectivity index (χ0n) is 12.4. The van der Waals surface area contributed by atoms with Crippen molar-refractivity contribution in [3.8, 4) is 0 Å². The van der Waals surface area contributed by atoms with Gasteiger partial charge in [-0.1, -0.05) is 52.7 Å². The van der Waals surface area contributed by atoms with Crippen LogP contribution < -0.4 is 10.2 Å². The fraction of sp³-hybridized carbons (Fsp3) is 0.294. The predicted molar refractivity (Wildman–Crippen MR) is 95.1 cm³/mol. The molecule has 0 aliphatic heterocycles. The molecule has 0 spiro atoms. The Balaban J connectivity index is 2.08. The summed E-state index contributed by atoms with van der Waals surface area (Å²) in [6.45, 7) is 4.80. The molecule has 2 aromatic rings. The van der Waals surface area contributed by atoms with Gasteiger partial charge >= 0.3 is 0 Å². The molecule has 112 valence electrons. The normalized spacial score (nSPS) is 10.7. The Morgan fingerprint density at radius 1 is 1.19 bits per heavy atom. The standard InChI is InChI=1S/C17H20BrClN2/c1-3-20-11-14-7-8-16(10-17(14)18)21(2)12-13-5-4-6-15(19)9-13/h4-10,20H,3,11-12H2,1-2H3. The van der Waals surface area contributed by atoms with Gasteiger partial charge in [0.05, 0.1) is 0 Å². The molecule has 0 atom stereocenters. The van der Waals surface area contributed by atoms with Gasteiger partial charge in [-0.05, 0) is 41.9 Å². The predicted octanol–water partition coefficient (Wildman–Crippen LogP) is 4.85. The summed E-state index contributed by atoms with van der Waals surface area (Å²) < 4.78 is 1.14. The van der Waals surface area contributed by atoms with Crippen molar-refractivity contribution in [3.05, 3.63) is 63.1 Å². The third-order valence-corrected chi connectivity index (χ3v) is 4.32. The first kappa shape index (κ1) is 16.3. The van der Waals surface area contributed by atoms with Crippen LogP contribution in [0, 0.1) is 0 Å². The van der Waals surface area contributed by atoms with Crippen LogP contribution >= 0.6 is 27.5 Å². The smallest absolute Gasteiger partial charge is 0.0426 e. The fourth-order valence-corrected chi connectivity index (χ4v) is 2.90. The Labute approximate surface area is 140 Å². The lowest BCUT2D eigenvalue weighted by atomic mass is 10.1. The molecule has 2 rings (SSSR count). The number of nitrogens with zero attached hydrogens (tertiary/aromatic N) is 1. The number of hydrogen-bond acceptors (Lipinski definition) is 2. The lowest BCUT2D eigenvalue weighted by molar-refractivity contribution is 0.724. The van der Waals surface area contributed by atoms with Gasteiger partial charge in [0.1, 0.15) is 0 Å². The third kappa shape index (κ3) is 4.73. The highest BCUT2D eigenvalue weighted by molar-refractivity contribution is 9.10. The lowest BCUT2D eigenvalue weighted by Gasteiger charge is -2.20. The highest BCUT2D eigenvalue weighted by Crippen LogP contribution is 2.25. The average molecular weight is 368 g/mol. The molecule has 0 saturated heterocycles. The summed E-state index contributed by atoms with van der Waals surface area (Å²) in [6.07, 6.45) is 0. The number of nitrogens with one attached hydrogen (secondary N) is 1. The molecular weight excluding hydrogens is 348 g/mol. The van der Waals surface area contributed by atoms with E-state index in [1.54, 1.807) is 0 Å². The van der Waals surface area contributed by atoms with Crippen molar-refractivity contribution < 1.29 is 0 Å². The highest BCUT2D eigenvalue weighted by Gasteiger charge is 2.06. The van der Waals surface area contributed by atoms with E-state index in [0.29, 0.717) is 0 Å². The van der Waals surface area contributed by atoms with E-state index in [1.807, 2.05) is 18.2 Å². The quantitative estimate of drug-likeness (QED) is 0.785. The first-order chi connectivity index (χ1) is 10.1. The minimum Gasteiger partial charge on any atom is -0.370 e. The minimum atomic E-state index is 0.781. The molecule has 2 nitrogen and oxygen atoms in total. The zero-order valence-corrected chi connectivity index (χ0v) is 14.7. The van der Waals surface area contributed by atoms with Gasteiger partial charge in [-0.15, -0.1) is 0 Å². The molecule has 1 N–H and O–H groups in total. The Kier molecular flexibility index (Phi) is 6.09. The average Bonchev–Trinajstić information content (AvgIpc) is 2.46. The van der Waals surface area contributed by atoms with E-state index in [2.05, 4.69) is 64.4 Å². The molecule has 0 saturated carbocycles. The summed E-state index contributed by atoms with van der Waals surface area (Å²) in [5, 5.41) is 4.12. The molecule has 0 fully saturated rings. The second-order valence-electron chi connectivity index (χ2n) is 5.04. The Hall–Kier alpha value is -1.03. The maximum atomic E-state index is 6.04. The summed E-state index contributed by atoms with van der Waals surface area (Å²) in [5.41, 5.74) is 3.66. The van der Waals surface area contributed by atoms with Crippen LogP contribution in [0.2, 0.25) is 5.02 Å². The van der Waals surface area contributed by atoms with Crippen LogP contribution in [-0.2, 0) is 13.1 Å². The summed E-state index contributed by atoms with van der Waals surface area (Å²) in [5.74, 6) is 0. The van der Waals surface area contributed by atoms with Crippen molar-refractivity contribution in [2.45, 2.75) is 20.0 Å². The van der Waals surface area contributed by atoms with Crippen molar-refractivity contribution >= 4 is 33.2 Å². The van der Waals surface area contributed by atoms with Gasteiger partial charge in [0.15, 0.2) is 0 Å². The van der Waals surface area contributed by atoms with Crippen LogP contribution in [0.4, 0.5) is 5.69 Å². The summed E-state index contributed by atoms with van der Waals surface area (Å²) in [7, 11) is 2.09. The van der Waals surface area contributed by atoms with Crippen LogP contribution in [0.1, 0.15) is 18.1 Å². The van der Waals surface area contributed by atoms with E-state index < -0.39 is 0 Å². The lowest BCUT2D eigenvalue weighted by Crippen LogP contribution is -2.17. The SMILES string of the molecule is CCNCc1ccc(N(C)Cc2cccc(Cl)c2)cc1Br. The summed E-state index contributed by atoms with van der Waals surface area (Å²) in [6, 6.07) is 14.5. The van der Waals surface area contributed by atoms with Gasteiger partial charge in [-0.2, -0.15) is 0 Å². The molecule has 0 radical (unpaired) electrons. The van der Waals surface area contributed by atoms with Crippen LogP contribution in [-0.4, -0.2) is 13.6 Å². The monoisotopic (exact) mass is 366 g/mol. The minimum absolute atomic E-state index is 0.781. The van der Waals surface area contributed by atoms with Crippen molar-refractivity contribution in [2.75, 3.05) is 18.5 Å². The first-order valence-electron chi connectivity index (χ1n) is 7.05. The molecule has 0 bridgehead atoms. The molecule has 0 aromatic heterocycles. The number of rotatable bonds is 6. The van der Waals surface area contributed by atoms with Gasteiger partial charge in [-0.25, -0.2) is 0 Å². The summed E-state index contributed by atoms with van der Waals surface area (Å²) in [4.78, 5) is 2.22. The van der Waals surface area contributed by atoms with Gasteiger partial charge < -0.3 is 10.2 Å². The summed E-state index contributed by atoms with van der Waals surface area (Å²) >= 11 is 9.69. The third-order valence-electron chi connectivity index (χ3n) is 3.35. The highest BCUT2D eigenvalue weighted by atomic mass is 79.9. The largest absolute Gasteiger partial charge is 0.370 e. The van der Waals surface area contributed by atoms with Crippen LogP contribution in [0.25, 0.3) is 0 Å². The zero-order chi connectivity index (χ0) is 15.2. The fourth-order valence-electron chi connectivity index (χ4n) is 2.18. The van der Waals surface area contributed by atoms with Gasteiger partial charge in [0.25, 0.3) is 0 Å². The molecule has 2 aromatic carbocycles. The van der Waals surface area contributed by atoms with E-state index >= 15 is 0 Å². The van der Waals surface area contributed by atoms with Gasteiger partial charge in [0, 0.05) is 35.3 Å². The van der Waals surface area contributed by atoms with E-state index in [4.69, 9.17) is 11.6 Å². The molecule has 21 heavy (non-hydrogen) atoms.